The molecule has 0 amide bonds. The Balaban J connectivity index is 2.03. The fraction of sp³-hybridized carbons (Fsp3) is 0.600. The predicted molar refractivity (Wildman–Crippen MR) is 62.6 cm³/mol. The molecule has 0 spiro atoms. The van der Waals surface area contributed by atoms with E-state index in [1.807, 2.05) is 11.4 Å². The molecular weight excluding hydrogens is 262 g/mol. The summed E-state index contributed by atoms with van der Waals surface area (Å²) in [5, 5.41) is 15.5. The molecular formula is C10H14BrNOS. The number of thiophene rings is 1. The summed E-state index contributed by atoms with van der Waals surface area (Å²) in [6.07, 6.45) is 1.89. The van der Waals surface area contributed by atoms with Crippen molar-refractivity contribution >= 4 is 27.3 Å². The van der Waals surface area contributed by atoms with Gasteiger partial charge < -0.3 is 10.4 Å². The average molecular weight is 276 g/mol. The zero-order chi connectivity index (χ0) is 9.97. The molecule has 1 aromatic rings. The highest BCUT2D eigenvalue weighted by molar-refractivity contribution is 9.10. The summed E-state index contributed by atoms with van der Waals surface area (Å²) in [4.78, 5) is 1.09. The second-order valence-electron chi connectivity index (χ2n) is 3.70. The summed E-state index contributed by atoms with van der Waals surface area (Å²) in [5.74, 6) is 0.432. The summed E-state index contributed by atoms with van der Waals surface area (Å²) >= 11 is 5.05. The maximum atomic E-state index is 10.1. The van der Waals surface area contributed by atoms with Gasteiger partial charge in [-0.05, 0) is 53.8 Å². The van der Waals surface area contributed by atoms with Crippen molar-refractivity contribution in [3.8, 4) is 0 Å². The molecule has 2 heterocycles. The van der Waals surface area contributed by atoms with E-state index in [-0.39, 0.29) is 6.10 Å². The van der Waals surface area contributed by atoms with Crippen molar-refractivity contribution in [3.05, 3.63) is 20.8 Å². The van der Waals surface area contributed by atoms with Crippen LogP contribution in [0.15, 0.2) is 15.9 Å². The van der Waals surface area contributed by atoms with Gasteiger partial charge in [-0.15, -0.1) is 11.3 Å². The Morgan fingerprint density at radius 1 is 1.50 bits per heavy atom. The van der Waals surface area contributed by atoms with E-state index in [1.54, 1.807) is 11.3 Å². The fourth-order valence-electron chi connectivity index (χ4n) is 1.88. The van der Waals surface area contributed by atoms with Crippen LogP contribution in [0.5, 0.6) is 0 Å². The van der Waals surface area contributed by atoms with Crippen LogP contribution in [-0.2, 0) is 0 Å². The molecule has 1 atom stereocenters. The van der Waals surface area contributed by atoms with Crippen LogP contribution in [0.25, 0.3) is 0 Å². The summed E-state index contributed by atoms with van der Waals surface area (Å²) < 4.78 is 1.07. The summed E-state index contributed by atoms with van der Waals surface area (Å²) in [7, 11) is 0. The summed E-state index contributed by atoms with van der Waals surface area (Å²) in [6, 6.07) is 2.03. The maximum Gasteiger partial charge on any atom is 0.0911 e. The lowest BCUT2D eigenvalue weighted by Gasteiger charge is -2.26. The Hall–Kier alpha value is 0.1000. The van der Waals surface area contributed by atoms with Crippen LogP contribution in [0.1, 0.15) is 23.8 Å². The summed E-state index contributed by atoms with van der Waals surface area (Å²) in [6.45, 7) is 2.07. The lowest BCUT2D eigenvalue weighted by molar-refractivity contribution is 0.0920. The van der Waals surface area contributed by atoms with Gasteiger partial charge in [-0.1, -0.05) is 0 Å². The van der Waals surface area contributed by atoms with Crippen LogP contribution in [-0.4, -0.2) is 18.2 Å². The van der Waals surface area contributed by atoms with Crippen molar-refractivity contribution in [1.29, 1.82) is 0 Å². The second-order valence-corrected chi connectivity index (χ2v) is 5.56. The number of nitrogens with one attached hydrogen (secondary N) is 1. The van der Waals surface area contributed by atoms with E-state index in [2.05, 4.69) is 21.2 Å². The highest BCUT2D eigenvalue weighted by atomic mass is 79.9. The molecule has 0 aromatic carbocycles. The first-order valence-corrected chi connectivity index (χ1v) is 6.57. The van der Waals surface area contributed by atoms with Gasteiger partial charge in [0.25, 0.3) is 0 Å². The molecule has 4 heteroatoms. The molecule has 1 fully saturated rings. The van der Waals surface area contributed by atoms with Gasteiger partial charge in [-0.3, -0.25) is 0 Å². The van der Waals surface area contributed by atoms with E-state index in [4.69, 9.17) is 0 Å². The van der Waals surface area contributed by atoms with Gasteiger partial charge in [0.05, 0.1) is 6.10 Å². The van der Waals surface area contributed by atoms with E-state index < -0.39 is 0 Å². The lowest BCUT2D eigenvalue weighted by atomic mass is 9.91. The van der Waals surface area contributed by atoms with Crippen molar-refractivity contribution in [2.75, 3.05) is 13.1 Å². The van der Waals surface area contributed by atoms with Crippen LogP contribution in [0.3, 0.4) is 0 Å². The number of aliphatic hydroxyl groups is 1. The Kier molecular flexibility index (Phi) is 3.60. The highest BCUT2D eigenvalue weighted by Crippen LogP contribution is 2.33. The number of hydrogen-bond donors (Lipinski definition) is 2. The molecule has 1 aliphatic rings. The number of halogens is 1. The monoisotopic (exact) mass is 275 g/mol. The van der Waals surface area contributed by atoms with Crippen molar-refractivity contribution < 1.29 is 5.11 Å². The molecule has 1 aliphatic heterocycles. The van der Waals surface area contributed by atoms with E-state index in [1.165, 1.54) is 0 Å². The SMILES string of the molecule is OC(c1cc(Br)cs1)C1CCNCC1. The minimum absolute atomic E-state index is 0.270. The molecule has 0 saturated carbocycles. The molecule has 1 saturated heterocycles. The van der Waals surface area contributed by atoms with Crippen molar-refractivity contribution in [3.63, 3.8) is 0 Å². The van der Waals surface area contributed by atoms with Crippen LogP contribution < -0.4 is 5.32 Å². The van der Waals surface area contributed by atoms with Gasteiger partial charge in [0.1, 0.15) is 0 Å². The van der Waals surface area contributed by atoms with E-state index in [0.717, 1.165) is 35.3 Å². The van der Waals surface area contributed by atoms with E-state index in [0.29, 0.717) is 5.92 Å². The molecule has 0 aliphatic carbocycles. The molecule has 1 unspecified atom stereocenters. The third-order valence-corrected chi connectivity index (χ3v) is 4.47. The van der Waals surface area contributed by atoms with Crippen LogP contribution >= 0.6 is 27.3 Å². The Morgan fingerprint density at radius 3 is 2.79 bits per heavy atom. The minimum Gasteiger partial charge on any atom is -0.387 e. The molecule has 1 aromatic heterocycles. The standard InChI is InChI=1S/C10H14BrNOS/c11-8-5-9(14-6-8)10(13)7-1-3-12-4-2-7/h5-7,10,12-13H,1-4H2. The molecule has 2 N–H and O–H groups in total. The Bertz CT molecular complexity index is 296. The van der Waals surface area contributed by atoms with Gasteiger partial charge >= 0.3 is 0 Å². The number of rotatable bonds is 2. The van der Waals surface area contributed by atoms with Gasteiger partial charge in [0.15, 0.2) is 0 Å². The lowest BCUT2D eigenvalue weighted by Crippen LogP contribution is -2.30. The van der Waals surface area contributed by atoms with Crippen LogP contribution in [0, 0.1) is 5.92 Å². The minimum atomic E-state index is -0.270. The fourth-order valence-corrected chi connectivity index (χ4v) is 3.40. The predicted octanol–water partition coefficient (Wildman–Crippen LogP) is 2.54. The van der Waals surface area contributed by atoms with Crippen molar-refractivity contribution in [1.82, 2.24) is 5.32 Å². The van der Waals surface area contributed by atoms with Gasteiger partial charge in [-0.2, -0.15) is 0 Å². The smallest absolute Gasteiger partial charge is 0.0911 e. The van der Waals surface area contributed by atoms with Gasteiger partial charge in [0.2, 0.25) is 0 Å². The number of piperidine rings is 1. The number of aliphatic hydroxyl groups excluding tert-OH is 1. The van der Waals surface area contributed by atoms with Gasteiger partial charge in [0, 0.05) is 14.7 Å². The second kappa shape index (κ2) is 4.75. The molecule has 0 bridgehead atoms. The third kappa shape index (κ3) is 2.37. The zero-order valence-electron chi connectivity index (χ0n) is 7.87. The van der Waals surface area contributed by atoms with E-state index in [9.17, 15) is 5.11 Å². The number of hydrogen-bond acceptors (Lipinski definition) is 3. The Morgan fingerprint density at radius 2 is 2.21 bits per heavy atom. The highest BCUT2D eigenvalue weighted by Gasteiger charge is 2.23. The largest absolute Gasteiger partial charge is 0.387 e. The van der Waals surface area contributed by atoms with Gasteiger partial charge in [-0.25, -0.2) is 0 Å². The van der Waals surface area contributed by atoms with Crippen LogP contribution in [0.4, 0.5) is 0 Å². The van der Waals surface area contributed by atoms with Crippen LogP contribution in [0.2, 0.25) is 0 Å². The van der Waals surface area contributed by atoms with E-state index >= 15 is 0 Å². The molecule has 0 radical (unpaired) electrons. The maximum absolute atomic E-state index is 10.1. The zero-order valence-corrected chi connectivity index (χ0v) is 10.3. The quantitative estimate of drug-likeness (QED) is 0.870. The first-order chi connectivity index (χ1) is 6.77. The first kappa shape index (κ1) is 10.6. The van der Waals surface area contributed by atoms with Crippen molar-refractivity contribution in [2.24, 2.45) is 5.92 Å². The molecule has 2 rings (SSSR count). The molecule has 2 nitrogen and oxygen atoms in total. The molecule has 78 valence electrons. The topological polar surface area (TPSA) is 32.3 Å². The third-order valence-electron chi connectivity index (χ3n) is 2.71. The average Bonchev–Trinajstić information content (AvgIpc) is 2.65. The molecule has 14 heavy (non-hydrogen) atoms. The van der Waals surface area contributed by atoms with Crippen molar-refractivity contribution in [2.45, 2.75) is 18.9 Å². The first-order valence-electron chi connectivity index (χ1n) is 4.90. The normalized spacial score (nSPS) is 21.0. The Labute approximate surface area is 96.5 Å². The summed E-state index contributed by atoms with van der Waals surface area (Å²) in [5.41, 5.74) is 0.